The summed E-state index contributed by atoms with van der Waals surface area (Å²) in [5.74, 6) is 2.43. The number of halogens is 1. The molecule has 1 unspecified atom stereocenters. The molecule has 1 atom stereocenters. The van der Waals surface area contributed by atoms with Crippen LogP contribution in [-0.4, -0.2) is 16.1 Å². The van der Waals surface area contributed by atoms with Crippen LogP contribution in [0.25, 0.3) is 0 Å². The van der Waals surface area contributed by atoms with E-state index in [0.717, 1.165) is 12.3 Å². The van der Waals surface area contributed by atoms with E-state index in [1.54, 1.807) is 0 Å². The molecule has 0 saturated heterocycles. The molecule has 0 aliphatic heterocycles. The molecule has 0 aromatic carbocycles. The van der Waals surface area contributed by atoms with Crippen molar-refractivity contribution in [2.24, 2.45) is 5.41 Å². The minimum absolute atomic E-state index is 0.296. The van der Waals surface area contributed by atoms with Gasteiger partial charge in [-0.3, -0.25) is 0 Å². The summed E-state index contributed by atoms with van der Waals surface area (Å²) in [6.45, 7) is 4.55. The van der Waals surface area contributed by atoms with E-state index in [9.17, 15) is 0 Å². The Morgan fingerprint density at radius 1 is 1.47 bits per heavy atom. The Kier molecular flexibility index (Phi) is 3.01. The van der Waals surface area contributed by atoms with Gasteiger partial charge in [0.05, 0.1) is 0 Å². The molecule has 0 amide bonds. The third-order valence-corrected chi connectivity index (χ3v) is 3.54. The van der Waals surface area contributed by atoms with Gasteiger partial charge in [-0.15, -0.1) is 21.8 Å². The van der Waals surface area contributed by atoms with Crippen LogP contribution in [0.15, 0.2) is 4.42 Å². The van der Waals surface area contributed by atoms with Crippen LogP contribution in [0.5, 0.6) is 0 Å². The fraction of sp³-hybridized carbons (Fsp3) is 0.818. The van der Waals surface area contributed by atoms with Gasteiger partial charge in [-0.1, -0.05) is 20.3 Å². The fourth-order valence-corrected chi connectivity index (χ4v) is 2.54. The van der Waals surface area contributed by atoms with Crippen molar-refractivity contribution in [3.05, 3.63) is 11.8 Å². The van der Waals surface area contributed by atoms with E-state index in [-0.39, 0.29) is 0 Å². The average molecular weight is 229 g/mol. The minimum Gasteiger partial charge on any atom is -0.425 e. The second kappa shape index (κ2) is 4.12. The van der Waals surface area contributed by atoms with Crippen molar-refractivity contribution in [2.45, 2.75) is 45.4 Å². The molecule has 1 aromatic heterocycles. The molecule has 1 aliphatic carbocycles. The number of aromatic nitrogens is 2. The van der Waals surface area contributed by atoms with Crippen LogP contribution in [0.4, 0.5) is 0 Å². The summed E-state index contributed by atoms with van der Waals surface area (Å²) < 4.78 is 5.64. The number of alkyl halides is 1. The smallest absolute Gasteiger partial charge is 0.220 e. The lowest BCUT2D eigenvalue weighted by molar-refractivity contribution is 0.281. The normalized spacial score (nSPS) is 24.6. The molecular weight excluding hydrogens is 212 g/mol. The molecule has 1 heterocycles. The molecule has 0 spiro atoms. The summed E-state index contributed by atoms with van der Waals surface area (Å²) in [6.07, 6.45) is 4.33. The van der Waals surface area contributed by atoms with Gasteiger partial charge in [-0.25, -0.2) is 0 Å². The number of aryl methyl sites for hydroxylation is 1. The van der Waals surface area contributed by atoms with Crippen molar-refractivity contribution >= 4 is 11.6 Å². The summed E-state index contributed by atoms with van der Waals surface area (Å²) in [5.41, 5.74) is 0.296. The van der Waals surface area contributed by atoms with E-state index in [1.807, 2.05) is 0 Å². The molecule has 0 N–H and O–H groups in total. The van der Waals surface area contributed by atoms with Crippen LogP contribution in [0.1, 0.15) is 50.8 Å². The average Bonchev–Trinajstić information content (AvgIpc) is 2.72. The molecule has 3 nitrogen and oxygen atoms in total. The number of rotatable bonds is 3. The van der Waals surface area contributed by atoms with Crippen LogP contribution in [0, 0.1) is 5.41 Å². The Bertz CT molecular complexity index is 335. The van der Waals surface area contributed by atoms with Crippen molar-refractivity contribution in [1.29, 1.82) is 0 Å². The van der Waals surface area contributed by atoms with Crippen molar-refractivity contribution in [2.75, 3.05) is 5.88 Å². The van der Waals surface area contributed by atoms with Crippen LogP contribution < -0.4 is 0 Å². The molecular formula is C11H17ClN2O. The van der Waals surface area contributed by atoms with Crippen molar-refractivity contribution in [1.82, 2.24) is 10.2 Å². The molecule has 84 valence electrons. The maximum Gasteiger partial charge on any atom is 0.220 e. The maximum absolute atomic E-state index is 5.64. The van der Waals surface area contributed by atoms with E-state index in [2.05, 4.69) is 24.0 Å². The van der Waals surface area contributed by atoms with Crippen LogP contribution in [0.2, 0.25) is 0 Å². The molecule has 2 rings (SSSR count). The van der Waals surface area contributed by atoms with Crippen molar-refractivity contribution in [3.8, 4) is 0 Å². The molecule has 0 bridgehead atoms. The molecule has 1 fully saturated rings. The first-order valence-corrected chi connectivity index (χ1v) is 6.05. The van der Waals surface area contributed by atoms with Gasteiger partial charge in [0, 0.05) is 18.2 Å². The van der Waals surface area contributed by atoms with E-state index >= 15 is 0 Å². The zero-order valence-corrected chi connectivity index (χ0v) is 10.0. The summed E-state index contributed by atoms with van der Waals surface area (Å²) in [5, 5.41) is 8.15. The lowest BCUT2D eigenvalue weighted by Gasteiger charge is -2.23. The summed E-state index contributed by atoms with van der Waals surface area (Å²) in [7, 11) is 0. The SMILES string of the molecule is CC1(C)CCCC1c1nnc(CCCl)o1. The highest BCUT2D eigenvalue weighted by molar-refractivity contribution is 6.17. The van der Waals surface area contributed by atoms with Gasteiger partial charge in [0.15, 0.2) is 0 Å². The number of hydrogen-bond donors (Lipinski definition) is 0. The third kappa shape index (κ3) is 2.17. The van der Waals surface area contributed by atoms with Gasteiger partial charge < -0.3 is 4.42 Å². The fourth-order valence-electron chi connectivity index (χ4n) is 2.37. The van der Waals surface area contributed by atoms with Crippen LogP contribution in [0.3, 0.4) is 0 Å². The summed E-state index contributed by atoms with van der Waals surface area (Å²) in [4.78, 5) is 0. The van der Waals surface area contributed by atoms with E-state index in [1.165, 1.54) is 12.8 Å². The number of nitrogens with zero attached hydrogens (tertiary/aromatic N) is 2. The number of hydrogen-bond acceptors (Lipinski definition) is 3. The zero-order chi connectivity index (χ0) is 10.9. The van der Waals surface area contributed by atoms with Gasteiger partial charge in [0.25, 0.3) is 0 Å². The Hall–Kier alpha value is -0.570. The second-order valence-corrected chi connectivity index (χ2v) is 5.28. The van der Waals surface area contributed by atoms with Gasteiger partial charge in [-0.05, 0) is 18.3 Å². The first-order chi connectivity index (χ1) is 7.13. The van der Waals surface area contributed by atoms with Gasteiger partial charge in [0.2, 0.25) is 11.8 Å². The highest BCUT2D eigenvalue weighted by Gasteiger charge is 2.38. The molecule has 1 saturated carbocycles. The predicted molar refractivity (Wildman–Crippen MR) is 59.1 cm³/mol. The zero-order valence-electron chi connectivity index (χ0n) is 9.29. The lowest BCUT2D eigenvalue weighted by Crippen LogP contribution is -2.15. The largest absolute Gasteiger partial charge is 0.425 e. The Balaban J connectivity index is 2.15. The van der Waals surface area contributed by atoms with Crippen LogP contribution in [-0.2, 0) is 6.42 Å². The first kappa shape index (κ1) is 10.9. The van der Waals surface area contributed by atoms with E-state index in [4.69, 9.17) is 16.0 Å². The van der Waals surface area contributed by atoms with Gasteiger partial charge in [0.1, 0.15) is 0 Å². The van der Waals surface area contributed by atoms with Crippen LogP contribution >= 0.6 is 11.6 Å². The third-order valence-electron chi connectivity index (χ3n) is 3.35. The summed E-state index contributed by atoms with van der Waals surface area (Å²) in [6, 6.07) is 0. The summed E-state index contributed by atoms with van der Waals surface area (Å²) >= 11 is 5.63. The van der Waals surface area contributed by atoms with Crippen molar-refractivity contribution in [3.63, 3.8) is 0 Å². The molecule has 0 radical (unpaired) electrons. The maximum atomic E-state index is 5.64. The molecule has 1 aromatic rings. The molecule has 4 heteroatoms. The topological polar surface area (TPSA) is 38.9 Å². The van der Waals surface area contributed by atoms with E-state index in [0.29, 0.717) is 29.5 Å². The molecule has 15 heavy (non-hydrogen) atoms. The minimum atomic E-state index is 0.296. The monoisotopic (exact) mass is 228 g/mol. The van der Waals surface area contributed by atoms with Crippen molar-refractivity contribution < 1.29 is 4.42 Å². The highest BCUT2D eigenvalue weighted by Crippen LogP contribution is 2.48. The second-order valence-electron chi connectivity index (χ2n) is 4.91. The Morgan fingerprint density at radius 3 is 2.87 bits per heavy atom. The Labute approximate surface area is 95.2 Å². The quantitative estimate of drug-likeness (QED) is 0.746. The first-order valence-electron chi connectivity index (χ1n) is 5.52. The predicted octanol–water partition coefficient (Wildman–Crippen LogP) is 3.14. The van der Waals surface area contributed by atoms with E-state index < -0.39 is 0 Å². The van der Waals surface area contributed by atoms with Gasteiger partial charge >= 0.3 is 0 Å². The lowest BCUT2D eigenvalue weighted by atomic mass is 9.82. The highest BCUT2D eigenvalue weighted by atomic mass is 35.5. The Morgan fingerprint density at radius 2 is 2.27 bits per heavy atom. The standard InChI is InChI=1S/C11H17ClN2O/c1-11(2)6-3-4-8(11)10-14-13-9(15-10)5-7-12/h8H,3-7H2,1-2H3. The molecule has 1 aliphatic rings. The van der Waals surface area contributed by atoms with Gasteiger partial charge in [-0.2, -0.15) is 0 Å².